The zero-order valence-corrected chi connectivity index (χ0v) is 26.2. The van der Waals surface area contributed by atoms with Crippen molar-refractivity contribution >= 4 is 28.2 Å². The van der Waals surface area contributed by atoms with Gasteiger partial charge >= 0.3 is 6.03 Å². The summed E-state index contributed by atoms with van der Waals surface area (Å²) < 4.78 is 11.7. The quantitative estimate of drug-likeness (QED) is 0.177. The summed E-state index contributed by atoms with van der Waals surface area (Å²) in [5.74, 6) is 1.28. The van der Waals surface area contributed by atoms with Crippen LogP contribution in [0.3, 0.4) is 0 Å². The molecule has 230 valence electrons. The summed E-state index contributed by atoms with van der Waals surface area (Å²) in [5, 5.41) is 8.15. The van der Waals surface area contributed by atoms with Crippen LogP contribution in [0.25, 0.3) is 21.9 Å². The highest BCUT2D eigenvalue weighted by Crippen LogP contribution is 2.37. The summed E-state index contributed by atoms with van der Waals surface area (Å²) in [6, 6.07) is 31.6. The van der Waals surface area contributed by atoms with Gasteiger partial charge in [0.15, 0.2) is 5.75 Å². The lowest BCUT2D eigenvalue weighted by atomic mass is 9.82. The number of ether oxygens (including phenoxy) is 2. The van der Waals surface area contributed by atoms with Crippen LogP contribution in [0.5, 0.6) is 11.5 Å². The van der Waals surface area contributed by atoms with E-state index in [2.05, 4.69) is 60.6 Å². The number of aromatic nitrogens is 1. The Hall–Kier alpha value is -4.72. The van der Waals surface area contributed by atoms with Crippen molar-refractivity contribution in [2.75, 3.05) is 36.9 Å². The van der Waals surface area contributed by atoms with E-state index in [9.17, 15) is 4.79 Å². The number of hydrogen-bond donors (Lipinski definition) is 2. The van der Waals surface area contributed by atoms with Crippen LogP contribution >= 0.6 is 0 Å². The molecule has 5 aromatic rings. The minimum Gasteiger partial charge on any atom is -0.455 e. The minimum absolute atomic E-state index is 0.0558. The molecule has 1 saturated heterocycles. The molecule has 0 spiro atoms. The van der Waals surface area contributed by atoms with Crippen molar-refractivity contribution in [1.29, 1.82) is 0 Å². The van der Waals surface area contributed by atoms with E-state index in [0.29, 0.717) is 17.2 Å². The maximum Gasteiger partial charge on any atom is 0.323 e. The highest BCUT2D eigenvalue weighted by atomic mass is 16.5. The van der Waals surface area contributed by atoms with Gasteiger partial charge in [-0.1, -0.05) is 81.4 Å². The Balaban J connectivity index is 1.24. The lowest BCUT2D eigenvalue weighted by Crippen LogP contribution is -2.35. The number of morpholine rings is 1. The first-order valence-electron chi connectivity index (χ1n) is 15.6. The van der Waals surface area contributed by atoms with Gasteiger partial charge in [-0.3, -0.25) is 9.88 Å². The average Bonchev–Trinajstić information content (AvgIpc) is 3.07. The first-order valence-corrected chi connectivity index (χ1v) is 15.6. The van der Waals surface area contributed by atoms with Crippen molar-refractivity contribution < 1.29 is 14.3 Å². The number of rotatable bonds is 9. The lowest BCUT2D eigenvalue weighted by molar-refractivity contribution is 0.0336. The van der Waals surface area contributed by atoms with Crippen molar-refractivity contribution in [3.05, 3.63) is 115 Å². The molecule has 1 aliphatic rings. The number of benzene rings is 4. The molecule has 6 rings (SSSR count). The van der Waals surface area contributed by atoms with Gasteiger partial charge in [0.05, 0.1) is 30.3 Å². The molecule has 2 N–H and O–H groups in total. The molecular weight excluding hydrogens is 560 g/mol. The monoisotopic (exact) mass is 600 g/mol. The second-order valence-electron chi connectivity index (χ2n) is 12.1. The van der Waals surface area contributed by atoms with E-state index in [1.807, 2.05) is 79.0 Å². The second kappa shape index (κ2) is 13.5. The Kier molecular flexibility index (Phi) is 9.10. The van der Waals surface area contributed by atoms with Crippen molar-refractivity contribution in [3.8, 4) is 22.6 Å². The summed E-state index contributed by atoms with van der Waals surface area (Å²) in [7, 11) is 0. The van der Waals surface area contributed by atoms with Gasteiger partial charge in [-0.15, -0.1) is 0 Å². The van der Waals surface area contributed by atoms with Crippen LogP contribution in [-0.2, 0) is 16.7 Å². The smallest absolute Gasteiger partial charge is 0.323 e. The maximum absolute atomic E-state index is 13.5. The number of nitrogens with one attached hydrogen (secondary N) is 2. The van der Waals surface area contributed by atoms with Gasteiger partial charge < -0.3 is 20.1 Å². The first-order chi connectivity index (χ1) is 21.9. The van der Waals surface area contributed by atoms with Crippen LogP contribution in [0.4, 0.5) is 16.2 Å². The molecule has 0 aliphatic carbocycles. The molecule has 7 nitrogen and oxygen atoms in total. The SMILES string of the molecule is CCC(C)(C)c1ccc(Oc2ccccc2)c(NC(=O)Nc2ccc(-c3ccc(CN4CCOCC4)nc3)c3ccccc23)c1. The molecule has 0 unspecified atom stereocenters. The molecule has 0 radical (unpaired) electrons. The highest BCUT2D eigenvalue weighted by Gasteiger charge is 2.21. The van der Waals surface area contributed by atoms with Crippen LogP contribution in [-0.4, -0.2) is 42.2 Å². The molecule has 1 fully saturated rings. The number of urea groups is 1. The number of carbonyl (C=O) groups excluding carboxylic acids is 1. The molecule has 4 aromatic carbocycles. The topological polar surface area (TPSA) is 75.7 Å². The molecule has 2 amide bonds. The number of amides is 2. The fourth-order valence-electron chi connectivity index (χ4n) is 5.56. The fraction of sp³-hybridized carbons (Fsp3) is 0.263. The summed E-state index contributed by atoms with van der Waals surface area (Å²) >= 11 is 0. The number of pyridine rings is 1. The summed E-state index contributed by atoms with van der Waals surface area (Å²) in [6.07, 6.45) is 2.90. The van der Waals surface area contributed by atoms with Gasteiger partial charge in [-0.25, -0.2) is 4.79 Å². The van der Waals surface area contributed by atoms with Gasteiger partial charge in [-0.05, 0) is 64.7 Å². The van der Waals surface area contributed by atoms with Crippen molar-refractivity contribution in [1.82, 2.24) is 9.88 Å². The standard InChI is InChI=1S/C38H40N4O3/c1-4-38(2,3)28-15-19-36(45-30-10-6-5-7-11-30)35(24-28)41-37(43)40-34-18-17-31(32-12-8-9-13-33(32)34)27-14-16-29(39-25-27)26-42-20-22-44-23-21-42/h5-19,24-25H,4,20-23,26H2,1-3H3,(H2,40,41,43). The fourth-order valence-corrected chi connectivity index (χ4v) is 5.56. The van der Waals surface area contributed by atoms with E-state index < -0.39 is 0 Å². The third-order valence-electron chi connectivity index (χ3n) is 8.66. The molecule has 0 saturated carbocycles. The maximum atomic E-state index is 13.5. The van der Waals surface area contributed by atoms with Crippen molar-refractivity contribution in [2.24, 2.45) is 0 Å². The number of para-hydroxylation sites is 1. The van der Waals surface area contributed by atoms with Gasteiger partial charge in [0.2, 0.25) is 0 Å². The van der Waals surface area contributed by atoms with E-state index in [1.165, 1.54) is 0 Å². The first kappa shape index (κ1) is 30.3. The van der Waals surface area contributed by atoms with Gasteiger partial charge in [-0.2, -0.15) is 0 Å². The van der Waals surface area contributed by atoms with Gasteiger partial charge in [0, 0.05) is 36.8 Å². The molecule has 2 heterocycles. The van der Waals surface area contributed by atoms with Crippen molar-refractivity contribution in [2.45, 2.75) is 39.2 Å². The molecule has 1 aliphatic heterocycles. The van der Waals surface area contributed by atoms with Crippen LogP contribution in [0.15, 0.2) is 103 Å². The number of anilines is 2. The number of carbonyl (C=O) groups is 1. The molecule has 0 atom stereocenters. The number of fused-ring (bicyclic) bond motifs is 1. The van der Waals surface area contributed by atoms with E-state index in [0.717, 1.165) is 78.1 Å². The molecule has 7 heteroatoms. The zero-order valence-electron chi connectivity index (χ0n) is 26.2. The van der Waals surface area contributed by atoms with Gasteiger partial charge in [0.1, 0.15) is 5.75 Å². The molecule has 1 aromatic heterocycles. The predicted molar refractivity (Wildman–Crippen MR) is 182 cm³/mol. The van der Waals surface area contributed by atoms with Crippen LogP contribution in [0.2, 0.25) is 0 Å². The second-order valence-corrected chi connectivity index (χ2v) is 12.1. The van der Waals surface area contributed by atoms with Crippen LogP contribution < -0.4 is 15.4 Å². The Morgan fingerprint density at radius 2 is 1.60 bits per heavy atom. The zero-order chi connectivity index (χ0) is 31.2. The summed E-state index contributed by atoms with van der Waals surface area (Å²) in [4.78, 5) is 20.7. The Morgan fingerprint density at radius 3 is 2.33 bits per heavy atom. The normalized spacial score (nSPS) is 13.8. The van der Waals surface area contributed by atoms with E-state index >= 15 is 0 Å². The molecule has 0 bridgehead atoms. The lowest BCUT2D eigenvalue weighted by Gasteiger charge is -2.26. The van der Waals surface area contributed by atoms with Crippen molar-refractivity contribution in [3.63, 3.8) is 0 Å². The van der Waals surface area contributed by atoms with E-state index in [4.69, 9.17) is 14.5 Å². The minimum atomic E-state index is -0.341. The Bertz CT molecular complexity index is 1760. The predicted octanol–water partition coefficient (Wildman–Crippen LogP) is 8.86. The third-order valence-corrected chi connectivity index (χ3v) is 8.66. The third kappa shape index (κ3) is 7.17. The Morgan fingerprint density at radius 1 is 0.867 bits per heavy atom. The largest absolute Gasteiger partial charge is 0.455 e. The highest BCUT2D eigenvalue weighted by molar-refractivity contribution is 6.10. The number of hydrogen-bond acceptors (Lipinski definition) is 5. The van der Waals surface area contributed by atoms with Crippen LogP contribution in [0, 0.1) is 0 Å². The van der Waals surface area contributed by atoms with E-state index in [1.54, 1.807) is 0 Å². The van der Waals surface area contributed by atoms with E-state index in [-0.39, 0.29) is 11.4 Å². The van der Waals surface area contributed by atoms with Crippen LogP contribution in [0.1, 0.15) is 38.4 Å². The number of nitrogens with zero attached hydrogens (tertiary/aromatic N) is 2. The Labute approximate surface area is 265 Å². The summed E-state index contributed by atoms with van der Waals surface area (Å²) in [6.45, 7) is 10.8. The average molecular weight is 601 g/mol. The molecular formula is C38H40N4O3. The summed E-state index contributed by atoms with van der Waals surface area (Å²) in [5.41, 5.74) is 5.54. The molecule has 45 heavy (non-hydrogen) atoms. The van der Waals surface area contributed by atoms with Gasteiger partial charge in [0.25, 0.3) is 0 Å².